The number of alkyl carbamates (subject to hydrolysis) is 1. The number of amides is 1. The predicted molar refractivity (Wildman–Crippen MR) is 97.3 cm³/mol. The van der Waals surface area contributed by atoms with Gasteiger partial charge in [-0.25, -0.2) is 18.4 Å². The number of ether oxygens (including phenoxy) is 1. The van der Waals surface area contributed by atoms with Crippen LogP contribution in [0.15, 0.2) is 48.5 Å². The van der Waals surface area contributed by atoms with E-state index in [0.717, 1.165) is 22.3 Å². The number of rotatable bonds is 6. The van der Waals surface area contributed by atoms with Gasteiger partial charge in [-0.15, -0.1) is 0 Å². The molecule has 146 valence electrons. The SMILES string of the molecule is O=C(N[C@H](CC1CC1(F)F)C(=O)O)OCC1c2ccccc2-c2ccccc21. The minimum absolute atomic E-state index is 0.0335. The van der Waals surface area contributed by atoms with Crippen molar-refractivity contribution in [1.29, 1.82) is 0 Å². The van der Waals surface area contributed by atoms with Crippen molar-refractivity contribution in [2.75, 3.05) is 6.61 Å². The Morgan fingerprint density at radius 1 is 1.11 bits per heavy atom. The number of nitrogens with one attached hydrogen (secondary N) is 1. The first-order valence-electron chi connectivity index (χ1n) is 9.09. The van der Waals surface area contributed by atoms with Gasteiger partial charge in [-0.3, -0.25) is 0 Å². The number of hydrogen-bond acceptors (Lipinski definition) is 3. The van der Waals surface area contributed by atoms with Gasteiger partial charge in [-0.05, 0) is 28.7 Å². The molecule has 2 aromatic carbocycles. The van der Waals surface area contributed by atoms with Crippen LogP contribution in [0.5, 0.6) is 0 Å². The lowest BCUT2D eigenvalue weighted by atomic mass is 9.98. The maximum Gasteiger partial charge on any atom is 0.407 e. The van der Waals surface area contributed by atoms with Gasteiger partial charge in [0.2, 0.25) is 0 Å². The third-order valence-corrected chi connectivity index (χ3v) is 5.41. The van der Waals surface area contributed by atoms with Gasteiger partial charge in [0.15, 0.2) is 0 Å². The number of carbonyl (C=O) groups excluding carboxylic acids is 1. The topological polar surface area (TPSA) is 75.6 Å². The molecule has 0 aromatic heterocycles. The van der Waals surface area contributed by atoms with Crippen LogP contribution in [0.1, 0.15) is 29.9 Å². The van der Waals surface area contributed by atoms with Gasteiger partial charge in [-0.2, -0.15) is 0 Å². The summed E-state index contributed by atoms with van der Waals surface area (Å²) in [5.74, 6) is -5.36. The van der Waals surface area contributed by atoms with Crippen LogP contribution in [0.4, 0.5) is 13.6 Å². The molecule has 4 rings (SSSR count). The molecule has 2 atom stereocenters. The lowest BCUT2D eigenvalue weighted by Gasteiger charge is -2.17. The van der Waals surface area contributed by atoms with Crippen molar-refractivity contribution < 1.29 is 28.2 Å². The molecule has 1 unspecified atom stereocenters. The van der Waals surface area contributed by atoms with Gasteiger partial charge in [0.25, 0.3) is 5.92 Å². The van der Waals surface area contributed by atoms with Gasteiger partial charge in [0.05, 0.1) is 0 Å². The summed E-state index contributed by atoms with van der Waals surface area (Å²) in [5.41, 5.74) is 4.21. The van der Waals surface area contributed by atoms with Gasteiger partial charge in [-0.1, -0.05) is 48.5 Å². The Balaban J connectivity index is 1.41. The van der Waals surface area contributed by atoms with E-state index in [1.54, 1.807) is 0 Å². The molecule has 7 heteroatoms. The highest BCUT2D eigenvalue weighted by molar-refractivity contribution is 5.81. The monoisotopic (exact) mass is 387 g/mol. The molecule has 0 heterocycles. The largest absolute Gasteiger partial charge is 0.480 e. The Labute approximate surface area is 160 Å². The molecule has 1 fully saturated rings. The Kier molecular flexibility index (Phi) is 4.53. The van der Waals surface area contributed by atoms with Crippen molar-refractivity contribution >= 4 is 12.1 Å². The molecule has 2 N–H and O–H groups in total. The first-order valence-corrected chi connectivity index (χ1v) is 9.09. The van der Waals surface area contributed by atoms with Gasteiger partial charge in [0, 0.05) is 18.3 Å². The van der Waals surface area contributed by atoms with Crippen molar-refractivity contribution in [2.45, 2.75) is 30.7 Å². The van der Waals surface area contributed by atoms with E-state index in [9.17, 15) is 23.5 Å². The first kappa shape index (κ1) is 18.4. The van der Waals surface area contributed by atoms with Crippen molar-refractivity contribution in [1.82, 2.24) is 5.32 Å². The summed E-state index contributed by atoms with van der Waals surface area (Å²) in [6.07, 6.45) is -1.58. The minimum Gasteiger partial charge on any atom is -0.480 e. The maximum absolute atomic E-state index is 13.1. The number of carboxylic acid groups (broad SMARTS) is 1. The number of aliphatic carboxylic acids is 1. The molecule has 0 bridgehead atoms. The molecule has 0 radical (unpaired) electrons. The van der Waals surface area contributed by atoms with Crippen LogP contribution in [0.2, 0.25) is 0 Å². The summed E-state index contributed by atoms with van der Waals surface area (Å²) in [7, 11) is 0. The van der Waals surface area contributed by atoms with E-state index in [4.69, 9.17) is 4.74 Å². The second-order valence-electron chi connectivity index (χ2n) is 7.26. The predicted octanol–water partition coefficient (Wildman–Crippen LogP) is 4.02. The fraction of sp³-hybridized carbons (Fsp3) is 0.333. The highest BCUT2D eigenvalue weighted by Gasteiger charge is 2.57. The van der Waals surface area contributed by atoms with Crippen LogP contribution in [0.3, 0.4) is 0 Å². The molecule has 28 heavy (non-hydrogen) atoms. The van der Waals surface area contributed by atoms with E-state index >= 15 is 0 Å². The fourth-order valence-corrected chi connectivity index (χ4v) is 3.81. The summed E-state index contributed by atoms with van der Waals surface area (Å²) >= 11 is 0. The number of fused-ring (bicyclic) bond motifs is 3. The lowest BCUT2D eigenvalue weighted by molar-refractivity contribution is -0.139. The Morgan fingerprint density at radius 3 is 2.14 bits per heavy atom. The van der Waals surface area contributed by atoms with Crippen LogP contribution in [0.25, 0.3) is 11.1 Å². The van der Waals surface area contributed by atoms with Crippen LogP contribution < -0.4 is 5.32 Å². The number of carboxylic acids is 1. The zero-order chi connectivity index (χ0) is 19.9. The number of hydrogen-bond donors (Lipinski definition) is 2. The summed E-state index contributed by atoms with van der Waals surface area (Å²) < 4.78 is 31.4. The number of halogens is 2. The lowest BCUT2D eigenvalue weighted by Crippen LogP contribution is -2.42. The van der Waals surface area contributed by atoms with E-state index in [1.165, 1.54) is 0 Å². The summed E-state index contributed by atoms with van der Waals surface area (Å²) in [6, 6.07) is 14.3. The third-order valence-electron chi connectivity index (χ3n) is 5.41. The zero-order valence-corrected chi connectivity index (χ0v) is 14.9. The number of alkyl halides is 2. The van der Waals surface area contributed by atoms with E-state index < -0.39 is 29.9 Å². The normalized spacial score (nSPS) is 20.0. The third kappa shape index (κ3) is 3.44. The molecule has 2 aliphatic carbocycles. The molecule has 1 amide bonds. The summed E-state index contributed by atoms with van der Waals surface area (Å²) in [4.78, 5) is 23.4. The molecule has 2 aromatic rings. The molecular formula is C21H19F2NO4. The van der Waals surface area contributed by atoms with Crippen molar-refractivity contribution in [3.63, 3.8) is 0 Å². The van der Waals surface area contributed by atoms with E-state index in [1.807, 2.05) is 48.5 Å². The maximum atomic E-state index is 13.1. The van der Waals surface area contributed by atoms with Gasteiger partial charge in [0.1, 0.15) is 12.6 Å². The van der Waals surface area contributed by atoms with E-state index in [-0.39, 0.29) is 25.4 Å². The van der Waals surface area contributed by atoms with E-state index in [0.29, 0.717) is 0 Å². The van der Waals surface area contributed by atoms with E-state index in [2.05, 4.69) is 5.32 Å². The number of carbonyl (C=O) groups is 2. The Morgan fingerprint density at radius 2 is 1.64 bits per heavy atom. The van der Waals surface area contributed by atoms with Crippen molar-refractivity contribution in [3.05, 3.63) is 59.7 Å². The fourth-order valence-electron chi connectivity index (χ4n) is 3.81. The average Bonchev–Trinajstić information content (AvgIpc) is 3.14. The molecule has 0 aliphatic heterocycles. The first-order chi connectivity index (χ1) is 13.4. The van der Waals surface area contributed by atoms with Gasteiger partial charge < -0.3 is 15.2 Å². The quantitative estimate of drug-likeness (QED) is 0.785. The van der Waals surface area contributed by atoms with Crippen LogP contribution in [0, 0.1) is 5.92 Å². The van der Waals surface area contributed by atoms with Crippen molar-refractivity contribution in [2.24, 2.45) is 5.92 Å². The highest BCUT2D eigenvalue weighted by Crippen LogP contribution is 2.51. The molecule has 5 nitrogen and oxygen atoms in total. The second kappa shape index (κ2) is 6.89. The smallest absolute Gasteiger partial charge is 0.407 e. The summed E-state index contributed by atoms with van der Waals surface area (Å²) in [6.45, 7) is 0.0335. The standard InChI is InChI=1S/C21H19F2NO4/c22-21(23)10-12(21)9-18(19(25)26)24-20(27)28-11-17-15-7-3-1-5-13(15)14-6-2-4-8-16(14)17/h1-8,12,17-18H,9-11H2,(H,24,27)(H,25,26)/t12?,18-/m1/s1. The average molecular weight is 387 g/mol. The van der Waals surface area contributed by atoms with Crippen LogP contribution in [-0.4, -0.2) is 35.7 Å². The highest BCUT2D eigenvalue weighted by atomic mass is 19.3. The molecular weight excluding hydrogens is 368 g/mol. The molecule has 0 spiro atoms. The Bertz CT molecular complexity index is 885. The number of benzene rings is 2. The molecule has 1 saturated carbocycles. The van der Waals surface area contributed by atoms with Crippen molar-refractivity contribution in [3.8, 4) is 11.1 Å². The Hall–Kier alpha value is -2.96. The van der Waals surface area contributed by atoms with Crippen LogP contribution >= 0.6 is 0 Å². The van der Waals surface area contributed by atoms with Gasteiger partial charge >= 0.3 is 12.1 Å². The minimum atomic E-state index is -2.84. The summed E-state index contributed by atoms with van der Waals surface area (Å²) in [5, 5.41) is 11.4. The molecule has 2 aliphatic rings. The van der Waals surface area contributed by atoms with Crippen LogP contribution in [-0.2, 0) is 9.53 Å². The zero-order valence-electron chi connectivity index (χ0n) is 14.9. The second-order valence-corrected chi connectivity index (χ2v) is 7.26. The molecule has 0 saturated heterocycles.